The lowest BCUT2D eigenvalue weighted by Crippen LogP contribution is -2.31. The highest BCUT2D eigenvalue weighted by Crippen LogP contribution is 2.29. The van der Waals surface area contributed by atoms with E-state index in [-0.39, 0.29) is 23.5 Å². The zero-order valence-corrected chi connectivity index (χ0v) is 17.9. The van der Waals surface area contributed by atoms with E-state index in [1.807, 2.05) is 13.0 Å². The van der Waals surface area contributed by atoms with Crippen LogP contribution in [-0.4, -0.2) is 53.6 Å². The van der Waals surface area contributed by atoms with Crippen LogP contribution in [0.4, 0.5) is 0 Å². The fourth-order valence-electron chi connectivity index (χ4n) is 2.56. The average Bonchev–Trinajstić information content (AvgIpc) is 2.71. The van der Waals surface area contributed by atoms with E-state index in [9.17, 15) is 13.2 Å². The van der Waals surface area contributed by atoms with Gasteiger partial charge in [-0.25, -0.2) is 12.7 Å². The first-order chi connectivity index (χ1) is 13.7. The van der Waals surface area contributed by atoms with Crippen LogP contribution in [0.5, 0.6) is 17.2 Å². The number of sulfonamides is 1. The van der Waals surface area contributed by atoms with Gasteiger partial charge in [0.25, 0.3) is 5.91 Å². The number of methoxy groups -OCH3 is 2. The summed E-state index contributed by atoms with van der Waals surface area (Å²) in [5, 5.41) is 2.84. The zero-order chi connectivity index (χ0) is 21.6. The van der Waals surface area contributed by atoms with Crippen LogP contribution in [0.2, 0.25) is 0 Å². The summed E-state index contributed by atoms with van der Waals surface area (Å²) in [6, 6.07) is 11.1. The van der Waals surface area contributed by atoms with Gasteiger partial charge in [-0.3, -0.25) is 4.79 Å². The number of rotatable bonds is 9. The molecule has 9 heteroatoms. The van der Waals surface area contributed by atoms with E-state index in [1.54, 1.807) is 26.4 Å². The predicted molar refractivity (Wildman–Crippen MR) is 109 cm³/mol. The van der Waals surface area contributed by atoms with E-state index >= 15 is 0 Å². The van der Waals surface area contributed by atoms with Crippen molar-refractivity contribution >= 4 is 15.9 Å². The third-order valence-corrected chi connectivity index (χ3v) is 6.09. The number of benzene rings is 2. The highest BCUT2D eigenvalue weighted by Gasteiger charge is 2.17. The minimum atomic E-state index is -3.50. The number of nitrogens with zero attached hydrogens (tertiary/aromatic N) is 1. The van der Waals surface area contributed by atoms with Gasteiger partial charge in [-0.1, -0.05) is 6.07 Å². The van der Waals surface area contributed by atoms with Gasteiger partial charge >= 0.3 is 0 Å². The molecule has 0 radical (unpaired) electrons. The summed E-state index contributed by atoms with van der Waals surface area (Å²) in [5.41, 5.74) is 0.856. The van der Waals surface area contributed by atoms with Crippen molar-refractivity contribution < 1.29 is 27.4 Å². The van der Waals surface area contributed by atoms with Crippen molar-refractivity contribution in [1.82, 2.24) is 9.62 Å². The lowest BCUT2D eigenvalue weighted by atomic mass is 10.1. The van der Waals surface area contributed by atoms with Gasteiger partial charge in [0.1, 0.15) is 5.75 Å². The molecule has 29 heavy (non-hydrogen) atoms. The molecule has 0 unspecified atom stereocenters. The molecule has 1 N–H and O–H groups in total. The Kier molecular flexibility index (Phi) is 7.46. The van der Waals surface area contributed by atoms with Crippen LogP contribution >= 0.6 is 0 Å². The van der Waals surface area contributed by atoms with Crippen LogP contribution in [0.3, 0.4) is 0 Å². The molecule has 0 aliphatic heterocycles. The summed E-state index contributed by atoms with van der Waals surface area (Å²) in [6.07, 6.45) is 0. The minimum Gasteiger partial charge on any atom is -0.493 e. The Hall–Kier alpha value is -2.78. The van der Waals surface area contributed by atoms with E-state index in [4.69, 9.17) is 14.2 Å². The first-order valence-electron chi connectivity index (χ1n) is 8.85. The Labute approximate surface area is 171 Å². The number of hydrogen-bond acceptors (Lipinski definition) is 6. The van der Waals surface area contributed by atoms with Gasteiger partial charge in [-0.15, -0.1) is 0 Å². The SMILES string of the molecule is COc1ccc([C@H](C)NC(=O)COc2ccc(S(=O)(=O)N(C)C)cc2)cc1OC. The Morgan fingerprint density at radius 3 is 2.21 bits per heavy atom. The van der Waals surface area contributed by atoms with Crippen LogP contribution in [0, 0.1) is 0 Å². The van der Waals surface area contributed by atoms with Gasteiger partial charge in [-0.2, -0.15) is 0 Å². The first kappa shape index (κ1) is 22.5. The number of amides is 1. The Balaban J connectivity index is 1.94. The lowest BCUT2D eigenvalue weighted by Gasteiger charge is -2.17. The molecule has 0 saturated carbocycles. The van der Waals surface area contributed by atoms with Crippen molar-refractivity contribution in [3.63, 3.8) is 0 Å². The quantitative estimate of drug-likeness (QED) is 0.666. The largest absolute Gasteiger partial charge is 0.493 e. The van der Waals surface area contributed by atoms with Crippen molar-refractivity contribution in [3.8, 4) is 17.2 Å². The second kappa shape index (κ2) is 9.62. The maximum atomic E-state index is 12.2. The number of ether oxygens (including phenoxy) is 3. The van der Waals surface area contributed by atoms with Crippen LogP contribution in [0.1, 0.15) is 18.5 Å². The molecule has 0 bridgehead atoms. The van der Waals surface area contributed by atoms with E-state index < -0.39 is 10.0 Å². The van der Waals surface area contributed by atoms with Crippen LogP contribution in [0.15, 0.2) is 47.4 Å². The second-order valence-electron chi connectivity index (χ2n) is 6.45. The Morgan fingerprint density at radius 1 is 1.03 bits per heavy atom. The molecule has 0 aliphatic carbocycles. The van der Waals surface area contributed by atoms with Crippen molar-refractivity contribution in [1.29, 1.82) is 0 Å². The van der Waals surface area contributed by atoms with Crippen LogP contribution in [-0.2, 0) is 14.8 Å². The average molecular weight is 423 g/mol. The molecule has 2 rings (SSSR count). The first-order valence-corrected chi connectivity index (χ1v) is 10.3. The van der Waals surface area contributed by atoms with Crippen molar-refractivity contribution in [2.75, 3.05) is 34.9 Å². The highest BCUT2D eigenvalue weighted by atomic mass is 32.2. The third-order valence-electron chi connectivity index (χ3n) is 4.26. The number of carbonyl (C=O) groups is 1. The summed E-state index contributed by atoms with van der Waals surface area (Å²) in [6.45, 7) is 1.65. The van der Waals surface area contributed by atoms with Crippen LogP contribution < -0.4 is 19.5 Å². The molecule has 0 fully saturated rings. The molecule has 0 saturated heterocycles. The molecule has 0 heterocycles. The molecule has 2 aromatic rings. The van der Waals surface area contributed by atoms with E-state index in [0.29, 0.717) is 17.2 Å². The Bertz CT molecular complexity index is 942. The molecule has 2 aromatic carbocycles. The lowest BCUT2D eigenvalue weighted by molar-refractivity contribution is -0.123. The molecular weight excluding hydrogens is 396 g/mol. The van der Waals surface area contributed by atoms with Crippen molar-refractivity contribution in [2.45, 2.75) is 17.9 Å². The minimum absolute atomic E-state index is 0.154. The van der Waals surface area contributed by atoms with Crippen molar-refractivity contribution in [2.24, 2.45) is 0 Å². The maximum absolute atomic E-state index is 12.2. The summed E-state index contributed by atoms with van der Waals surface area (Å²) in [5.74, 6) is 1.28. The summed E-state index contributed by atoms with van der Waals surface area (Å²) < 4.78 is 41.2. The molecule has 0 aromatic heterocycles. The molecular formula is C20H26N2O6S. The normalized spacial score (nSPS) is 12.3. The smallest absolute Gasteiger partial charge is 0.258 e. The standard InChI is InChI=1S/C20H26N2O6S/c1-14(15-6-11-18(26-4)19(12-15)27-5)21-20(23)13-28-16-7-9-17(10-8-16)29(24,25)22(2)3/h6-12,14H,13H2,1-5H3,(H,21,23)/t14-/m0/s1. The molecule has 1 atom stereocenters. The Morgan fingerprint density at radius 2 is 1.66 bits per heavy atom. The second-order valence-corrected chi connectivity index (χ2v) is 8.60. The molecule has 158 valence electrons. The fourth-order valence-corrected chi connectivity index (χ4v) is 3.46. The highest BCUT2D eigenvalue weighted by molar-refractivity contribution is 7.89. The summed E-state index contributed by atoms with van der Waals surface area (Å²) in [7, 11) is 2.53. The van der Waals surface area contributed by atoms with Gasteiger partial charge in [0.05, 0.1) is 25.2 Å². The predicted octanol–water partition coefficient (Wildman–Crippen LogP) is 2.21. The number of nitrogens with one attached hydrogen (secondary N) is 1. The monoisotopic (exact) mass is 422 g/mol. The topological polar surface area (TPSA) is 94.2 Å². The molecule has 0 aliphatic rings. The molecule has 8 nitrogen and oxygen atoms in total. The van der Waals surface area contributed by atoms with Gasteiger partial charge < -0.3 is 19.5 Å². The van der Waals surface area contributed by atoms with Gasteiger partial charge in [0.15, 0.2) is 18.1 Å². The molecule has 1 amide bonds. The zero-order valence-electron chi connectivity index (χ0n) is 17.1. The van der Waals surface area contributed by atoms with Gasteiger partial charge in [-0.05, 0) is 48.9 Å². The maximum Gasteiger partial charge on any atom is 0.258 e. The summed E-state index contributed by atoms with van der Waals surface area (Å²) in [4.78, 5) is 12.4. The van der Waals surface area contributed by atoms with Gasteiger partial charge in [0.2, 0.25) is 10.0 Å². The van der Waals surface area contributed by atoms with Crippen molar-refractivity contribution in [3.05, 3.63) is 48.0 Å². The van der Waals surface area contributed by atoms with E-state index in [2.05, 4.69) is 5.32 Å². The molecule has 0 spiro atoms. The van der Waals surface area contributed by atoms with Crippen LogP contribution in [0.25, 0.3) is 0 Å². The van der Waals surface area contributed by atoms with Gasteiger partial charge in [0, 0.05) is 14.1 Å². The number of hydrogen-bond donors (Lipinski definition) is 1. The van der Waals surface area contributed by atoms with E-state index in [0.717, 1.165) is 9.87 Å². The third kappa shape index (κ3) is 5.61. The fraction of sp³-hybridized carbons (Fsp3) is 0.350. The number of carbonyl (C=O) groups excluding carboxylic acids is 1. The summed E-state index contributed by atoms with van der Waals surface area (Å²) >= 11 is 0. The van der Waals surface area contributed by atoms with E-state index in [1.165, 1.54) is 38.4 Å².